The second-order valence-corrected chi connectivity index (χ2v) is 5.52. The first-order valence-electron chi connectivity index (χ1n) is 6.14. The summed E-state index contributed by atoms with van der Waals surface area (Å²) in [6.07, 6.45) is 0. The van der Waals surface area contributed by atoms with Gasteiger partial charge in [0, 0.05) is 11.5 Å². The van der Waals surface area contributed by atoms with E-state index >= 15 is 0 Å². The number of aliphatic imine (C=N–C) groups is 1. The maximum atomic E-state index is 5.76. The van der Waals surface area contributed by atoms with Crippen molar-refractivity contribution in [1.29, 1.82) is 0 Å². The molecule has 0 heterocycles. The maximum absolute atomic E-state index is 5.76. The smallest absolute Gasteiger partial charge is 0.126 e. The van der Waals surface area contributed by atoms with E-state index in [1.807, 2.05) is 30.3 Å². The first-order valence-corrected chi connectivity index (χ1v) is 6.14. The monoisotopic (exact) mass is 233 g/mol. The number of benzene rings is 1. The zero-order chi connectivity index (χ0) is 12.9. The highest BCUT2D eigenvalue weighted by atomic mass is 16.5. The van der Waals surface area contributed by atoms with Gasteiger partial charge in [-0.3, -0.25) is 4.99 Å². The summed E-state index contributed by atoms with van der Waals surface area (Å²) in [5, 5.41) is 0. The lowest BCUT2D eigenvalue weighted by atomic mass is 9.90. The van der Waals surface area contributed by atoms with Crippen molar-refractivity contribution in [2.24, 2.45) is 10.4 Å². The average molecular weight is 233 g/mol. The molecule has 0 spiro atoms. The van der Waals surface area contributed by atoms with Gasteiger partial charge in [-0.1, -0.05) is 39.0 Å². The largest absolute Gasteiger partial charge is 0.488 e. The Morgan fingerprint density at radius 1 is 1.18 bits per heavy atom. The molecule has 0 N–H and O–H groups in total. The van der Waals surface area contributed by atoms with Crippen molar-refractivity contribution < 1.29 is 4.74 Å². The van der Waals surface area contributed by atoms with Crippen LogP contribution in [0.1, 0.15) is 34.6 Å². The standard InChI is InChI=1S/C15H23NO/c1-12(2)16-14(15(3,4)5)11-17-13-9-7-6-8-10-13/h6-10,12H,11H2,1-5H3. The average Bonchev–Trinajstić information content (AvgIpc) is 2.23. The van der Waals surface area contributed by atoms with Crippen molar-refractivity contribution in [3.05, 3.63) is 30.3 Å². The Balaban J connectivity index is 2.69. The van der Waals surface area contributed by atoms with Gasteiger partial charge >= 0.3 is 0 Å². The lowest BCUT2D eigenvalue weighted by Gasteiger charge is -2.23. The van der Waals surface area contributed by atoms with E-state index in [0.717, 1.165) is 11.5 Å². The van der Waals surface area contributed by atoms with Crippen LogP contribution in [-0.4, -0.2) is 18.4 Å². The van der Waals surface area contributed by atoms with Crippen molar-refractivity contribution >= 4 is 5.71 Å². The van der Waals surface area contributed by atoms with Gasteiger partial charge in [0.1, 0.15) is 12.4 Å². The van der Waals surface area contributed by atoms with Crippen molar-refractivity contribution in [1.82, 2.24) is 0 Å². The summed E-state index contributed by atoms with van der Waals surface area (Å²) in [7, 11) is 0. The normalized spacial score (nSPS) is 12.9. The lowest BCUT2D eigenvalue weighted by Crippen LogP contribution is -2.28. The molecule has 0 aliphatic heterocycles. The van der Waals surface area contributed by atoms with E-state index < -0.39 is 0 Å². The Hall–Kier alpha value is -1.31. The zero-order valence-corrected chi connectivity index (χ0v) is 11.5. The predicted octanol–water partition coefficient (Wildman–Crippen LogP) is 3.96. The highest BCUT2D eigenvalue weighted by Crippen LogP contribution is 2.18. The molecular weight excluding hydrogens is 210 g/mol. The number of rotatable bonds is 4. The fraction of sp³-hybridized carbons (Fsp3) is 0.533. The molecule has 0 aromatic heterocycles. The van der Waals surface area contributed by atoms with Crippen LogP contribution >= 0.6 is 0 Å². The number of hydrogen-bond donors (Lipinski definition) is 0. The van der Waals surface area contributed by atoms with Gasteiger partial charge in [-0.05, 0) is 26.0 Å². The van der Waals surface area contributed by atoms with Crippen molar-refractivity contribution in [2.75, 3.05) is 6.61 Å². The number of ether oxygens (including phenoxy) is 1. The van der Waals surface area contributed by atoms with Gasteiger partial charge in [-0.15, -0.1) is 0 Å². The molecule has 94 valence electrons. The summed E-state index contributed by atoms with van der Waals surface area (Å²) in [6.45, 7) is 11.3. The van der Waals surface area contributed by atoms with Crippen LogP contribution in [0.5, 0.6) is 5.75 Å². The lowest BCUT2D eigenvalue weighted by molar-refractivity contribution is 0.359. The molecule has 1 aromatic rings. The molecule has 1 aromatic carbocycles. The molecule has 0 unspecified atom stereocenters. The van der Waals surface area contributed by atoms with Crippen LogP contribution in [0.3, 0.4) is 0 Å². The van der Waals surface area contributed by atoms with E-state index in [1.54, 1.807) is 0 Å². The SMILES string of the molecule is CC(C)N=C(COc1ccccc1)C(C)(C)C. The van der Waals surface area contributed by atoms with Crippen LogP contribution in [0.2, 0.25) is 0 Å². The van der Waals surface area contributed by atoms with Crippen LogP contribution in [-0.2, 0) is 0 Å². The summed E-state index contributed by atoms with van der Waals surface area (Å²) in [4.78, 5) is 4.65. The molecule has 0 radical (unpaired) electrons. The highest BCUT2D eigenvalue weighted by Gasteiger charge is 2.19. The molecular formula is C15H23NO. The van der Waals surface area contributed by atoms with Crippen molar-refractivity contribution in [3.8, 4) is 5.75 Å². The first kappa shape index (κ1) is 13.8. The summed E-state index contributed by atoms with van der Waals surface area (Å²) < 4.78 is 5.76. The molecule has 0 fully saturated rings. The van der Waals surface area contributed by atoms with E-state index in [0.29, 0.717) is 12.6 Å². The van der Waals surface area contributed by atoms with Crippen LogP contribution in [0.15, 0.2) is 35.3 Å². The van der Waals surface area contributed by atoms with Gasteiger partial charge in [-0.2, -0.15) is 0 Å². The van der Waals surface area contributed by atoms with Crippen molar-refractivity contribution in [3.63, 3.8) is 0 Å². The van der Waals surface area contributed by atoms with Gasteiger partial charge < -0.3 is 4.74 Å². The summed E-state index contributed by atoms with van der Waals surface area (Å²) in [6, 6.07) is 10.2. The van der Waals surface area contributed by atoms with Crippen LogP contribution in [0.4, 0.5) is 0 Å². The third-order valence-electron chi connectivity index (χ3n) is 2.40. The second-order valence-electron chi connectivity index (χ2n) is 5.52. The molecule has 17 heavy (non-hydrogen) atoms. The third-order valence-corrected chi connectivity index (χ3v) is 2.40. The van der Waals surface area contributed by atoms with Crippen LogP contribution in [0.25, 0.3) is 0 Å². The quantitative estimate of drug-likeness (QED) is 0.721. The Kier molecular flexibility index (Phi) is 4.73. The predicted molar refractivity (Wildman–Crippen MR) is 74.0 cm³/mol. The molecule has 0 aliphatic rings. The molecule has 0 saturated heterocycles. The molecule has 1 rings (SSSR count). The Bertz CT molecular complexity index is 360. The van der Waals surface area contributed by atoms with E-state index in [1.165, 1.54) is 0 Å². The Labute approximate surface area is 105 Å². The summed E-state index contributed by atoms with van der Waals surface area (Å²) >= 11 is 0. The van der Waals surface area contributed by atoms with Crippen molar-refractivity contribution in [2.45, 2.75) is 40.7 Å². The topological polar surface area (TPSA) is 21.6 Å². The van der Waals surface area contributed by atoms with Gasteiger partial charge in [-0.25, -0.2) is 0 Å². The molecule has 0 saturated carbocycles. The van der Waals surface area contributed by atoms with Gasteiger partial charge in [0.25, 0.3) is 0 Å². The second kappa shape index (κ2) is 5.85. The van der Waals surface area contributed by atoms with E-state index in [-0.39, 0.29) is 5.41 Å². The third kappa shape index (κ3) is 5.03. The van der Waals surface area contributed by atoms with E-state index in [2.05, 4.69) is 39.6 Å². The zero-order valence-electron chi connectivity index (χ0n) is 11.5. The fourth-order valence-electron chi connectivity index (χ4n) is 1.43. The Morgan fingerprint density at radius 2 is 1.76 bits per heavy atom. The van der Waals surface area contributed by atoms with E-state index in [4.69, 9.17) is 4.74 Å². The molecule has 2 heteroatoms. The number of hydrogen-bond acceptors (Lipinski definition) is 2. The molecule has 0 aliphatic carbocycles. The molecule has 0 bridgehead atoms. The van der Waals surface area contributed by atoms with Gasteiger partial charge in [0.05, 0.1) is 5.71 Å². The van der Waals surface area contributed by atoms with Gasteiger partial charge in [0.2, 0.25) is 0 Å². The molecule has 0 atom stereocenters. The maximum Gasteiger partial charge on any atom is 0.126 e. The molecule has 2 nitrogen and oxygen atoms in total. The minimum absolute atomic E-state index is 0.0546. The minimum Gasteiger partial charge on any atom is -0.488 e. The van der Waals surface area contributed by atoms with Crippen LogP contribution < -0.4 is 4.74 Å². The number of nitrogens with zero attached hydrogens (tertiary/aromatic N) is 1. The minimum atomic E-state index is 0.0546. The fourth-order valence-corrected chi connectivity index (χ4v) is 1.43. The Morgan fingerprint density at radius 3 is 2.24 bits per heavy atom. The molecule has 0 amide bonds. The summed E-state index contributed by atoms with van der Waals surface area (Å²) in [5.74, 6) is 0.896. The summed E-state index contributed by atoms with van der Waals surface area (Å²) in [5.41, 5.74) is 1.16. The number of para-hydroxylation sites is 1. The van der Waals surface area contributed by atoms with Crippen LogP contribution in [0, 0.1) is 5.41 Å². The first-order chi connectivity index (χ1) is 7.89. The van der Waals surface area contributed by atoms with Gasteiger partial charge in [0.15, 0.2) is 0 Å². The van der Waals surface area contributed by atoms with E-state index in [9.17, 15) is 0 Å². The highest BCUT2D eigenvalue weighted by molar-refractivity contribution is 5.90.